The first-order valence-electron chi connectivity index (χ1n) is 8.95. The van der Waals surface area contributed by atoms with Gasteiger partial charge >= 0.3 is 0 Å². The summed E-state index contributed by atoms with van der Waals surface area (Å²) in [5, 5.41) is 3.44. The molecular formula is C19H26N4O2. The largest absolute Gasteiger partial charge is 0.350 e. The van der Waals surface area contributed by atoms with Gasteiger partial charge in [-0.25, -0.2) is 4.98 Å². The van der Waals surface area contributed by atoms with Gasteiger partial charge in [-0.15, -0.1) is 0 Å². The number of aromatic nitrogens is 2. The lowest BCUT2D eigenvalue weighted by Crippen LogP contribution is -2.34. The van der Waals surface area contributed by atoms with Crippen LogP contribution in [0.25, 0.3) is 10.9 Å². The fourth-order valence-corrected chi connectivity index (χ4v) is 3.28. The van der Waals surface area contributed by atoms with Crippen LogP contribution in [0.5, 0.6) is 0 Å². The summed E-state index contributed by atoms with van der Waals surface area (Å²) in [6.07, 6.45) is 0.742. The molecule has 0 unspecified atom stereocenters. The van der Waals surface area contributed by atoms with Crippen LogP contribution in [0.3, 0.4) is 0 Å². The van der Waals surface area contributed by atoms with Gasteiger partial charge in [0.25, 0.3) is 11.5 Å². The summed E-state index contributed by atoms with van der Waals surface area (Å²) in [7, 11) is 0. The van der Waals surface area contributed by atoms with Crippen molar-refractivity contribution in [2.75, 3.05) is 13.1 Å². The minimum absolute atomic E-state index is 0.0126. The van der Waals surface area contributed by atoms with Gasteiger partial charge < -0.3 is 5.32 Å². The topological polar surface area (TPSA) is 67.2 Å². The normalized spacial score (nSPS) is 15.4. The predicted molar refractivity (Wildman–Crippen MR) is 99.0 cm³/mol. The number of amides is 1. The van der Waals surface area contributed by atoms with E-state index in [4.69, 9.17) is 4.98 Å². The molecule has 0 bridgehead atoms. The van der Waals surface area contributed by atoms with Gasteiger partial charge in [0.2, 0.25) is 0 Å². The van der Waals surface area contributed by atoms with Crippen molar-refractivity contribution in [3.05, 3.63) is 39.9 Å². The van der Waals surface area contributed by atoms with E-state index >= 15 is 0 Å². The van der Waals surface area contributed by atoms with Gasteiger partial charge in [0, 0.05) is 43.7 Å². The summed E-state index contributed by atoms with van der Waals surface area (Å²) in [5.41, 5.74) is 1.13. The highest BCUT2D eigenvalue weighted by atomic mass is 16.1. The molecule has 3 rings (SSSR count). The van der Waals surface area contributed by atoms with Gasteiger partial charge in [-0.2, -0.15) is 0 Å². The standard InChI is InChI=1S/C19H26N4O2/c1-12(2)20-18(24)14-5-6-15-16(11-14)21-17-7-8-22(13(3)4)9-10-23(17)19(15)25/h5-6,11-13H,7-10H2,1-4H3,(H,20,24). The molecule has 0 atom stereocenters. The van der Waals surface area contributed by atoms with Crippen LogP contribution in [0, 0.1) is 0 Å². The number of benzene rings is 1. The molecule has 1 amide bonds. The van der Waals surface area contributed by atoms with E-state index in [1.165, 1.54) is 0 Å². The Labute approximate surface area is 147 Å². The minimum Gasteiger partial charge on any atom is -0.350 e. The lowest BCUT2D eigenvalue weighted by atomic mass is 10.1. The van der Waals surface area contributed by atoms with E-state index in [1.54, 1.807) is 22.8 Å². The molecule has 134 valence electrons. The zero-order valence-corrected chi connectivity index (χ0v) is 15.4. The number of carbonyl (C=O) groups is 1. The highest BCUT2D eigenvalue weighted by Gasteiger charge is 2.19. The molecule has 0 saturated carbocycles. The number of rotatable bonds is 3. The van der Waals surface area contributed by atoms with Crippen molar-refractivity contribution < 1.29 is 4.79 Å². The number of nitrogens with zero attached hydrogens (tertiary/aromatic N) is 3. The summed E-state index contributed by atoms with van der Waals surface area (Å²) in [6, 6.07) is 5.66. The minimum atomic E-state index is -0.139. The molecule has 6 heteroatoms. The summed E-state index contributed by atoms with van der Waals surface area (Å²) < 4.78 is 1.79. The average molecular weight is 342 g/mol. The number of carbonyl (C=O) groups excluding carboxylic acids is 1. The number of hydrogen-bond donors (Lipinski definition) is 1. The van der Waals surface area contributed by atoms with E-state index in [0.717, 1.165) is 25.3 Å². The molecule has 6 nitrogen and oxygen atoms in total. The van der Waals surface area contributed by atoms with Crippen molar-refractivity contribution >= 4 is 16.8 Å². The van der Waals surface area contributed by atoms with E-state index in [1.807, 2.05) is 13.8 Å². The third-order valence-corrected chi connectivity index (χ3v) is 4.68. The Kier molecular flexibility index (Phi) is 4.90. The molecule has 0 radical (unpaired) electrons. The van der Waals surface area contributed by atoms with Crippen molar-refractivity contribution in [3.8, 4) is 0 Å². The van der Waals surface area contributed by atoms with Crippen molar-refractivity contribution in [2.24, 2.45) is 0 Å². The van der Waals surface area contributed by atoms with Crippen molar-refractivity contribution in [1.82, 2.24) is 19.8 Å². The van der Waals surface area contributed by atoms with E-state index < -0.39 is 0 Å². The predicted octanol–water partition coefficient (Wildman–Crippen LogP) is 1.80. The van der Waals surface area contributed by atoms with Gasteiger partial charge in [0.1, 0.15) is 5.82 Å². The van der Waals surface area contributed by atoms with Gasteiger partial charge in [0.05, 0.1) is 10.9 Å². The highest BCUT2D eigenvalue weighted by molar-refractivity contribution is 5.97. The Morgan fingerprint density at radius 2 is 1.92 bits per heavy atom. The highest BCUT2D eigenvalue weighted by Crippen LogP contribution is 2.15. The molecule has 0 spiro atoms. The Bertz CT molecular complexity index is 854. The Hall–Kier alpha value is -2.21. The van der Waals surface area contributed by atoms with Gasteiger partial charge in [0.15, 0.2) is 0 Å². The Morgan fingerprint density at radius 1 is 1.16 bits per heavy atom. The smallest absolute Gasteiger partial charge is 0.261 e. The first-order valence-corrected chi connectivity index (χ1v) is 8.95. The van der Waals surface area contributed by atoms with E-state index in [-0.39, 0.29) is 17.5 Å². The fraction of sp³-hybridized carbons (Fsp3) is 0.526. The zero-order valence-electron chi connectivity index (χ0n) is 15.4. The molecule has 0 aliphatic carbocycles. The molecule has 0 fully saturated rings. The molecule has 1 aromatic carbocycles. The second-order valence-electron chi connectivity index (χ2n) is 7.22. The molecule has 1 aromatic heterocycles. The summed E-state index contributed by atoms with van der Waals surface area (Å²) in [4.78, 5) is 32.2. The second-order valence-corrected chi connectivity index (χ2v) is 7.22. The zero-order chi connectivity index (χ0) is 18.1. The lowest BCUT2D eigenvalue weighted by Gasteiger charge is -2.23. The van der Waals surface area contributed by atoms with Crippen LogP contribution in [0.4, 0.5) is 0 Å². The first-order chi connectivity index (χ1) is 11.9. The Balaban J connectivity index is 2.01. The molecule has 1 aliphatic heterocycles. The van der Waals surface area contributed by atoms with Crippen LogP contribution < -0.4 is 10.9 Å². The lowest BCUT2D eigenvalue weighted by molar-refractivity contribution is 0.0943. The maximum atomic E-state index is 12.9. The number of nitrogens with one attached hydrogen (secondary N) is 1. The molecule has 1 aliphatic rings. The van der Waals surface area contributed by atoms with E-state index in [0.29, 0.717) is 29.1 Å². The number of hydrogen-bond acceptors (Lipinski definition) is 4. The van der Waals surface area contributed by atoms with Gasteiger partial charge in [-0.1, -0.05) is 0 Å². The first kappa shape index (κ1) is 17.6. The van der Waals surface area contributed by atoms with Crippen molar-refractivity contribution in [1.29, 1.82) is 0 Å². The molecule has 1 N–H and O–H groups in total. The molecule has 2 heterocycles. The second kappa shape index (κ2) is 6.96. The molecule has 2 aromatic rings. The van der Waals surface area contributed by atoms with Gasteiger partial charge in [-0.3, -0.25) is 19.1 Å². The maximum absolute atomic E-state index is 12.9. The third kappa shape index (κ3) is 3.58. The van der Waals surface area contributed by atoms with E-state index in [2.05, 4.69) is 24.1 Å². The van der Waals surface area contributed by atoms with Crippen LogP contribution in [-0.4, -0.2) is 45.5 Å². The number of fused-ring (bicyclic) bond motifs is 2. The Morgan fingerprint density at radius 3 is 2.60 bits per heavy atom. The van der Waals surface area contributed by atoms with Crippen molar-refractivity contribution in [2.45, 2.75) is 52.7 Å². The van der Waals surface area contributed by atoms with Gasteiger partial charge in [-0.05, 0) is 45.9 Å². The van der Waals surface area contributed by atoms with Crippen LogP contribution in [0.1, 0.15) is 43.9 Å². The van der Waals surface area contributed by atoms with Crippen LogP contribution >= 0.6 is 0 Å². The third-order valence-electron chi connectivity index (χ3n) is 4.68. The molecule has 25 heavy (non-hydrogen) atoms. The molecule has 0 saturated heterocycles. The summed E-state index contributed by atoms with van der Waals surface area (Å²) in [6.45, 7) is 10.6. The maximum Gasteiger partial charge on any atom is 0.261 e. The van der Waals surface area contributed by atoms with Crippen LogP contribution in [0.2, 0.25) is 0 Å². The molecular weight excluding hydrogens is 316 g/mol. The van der Waals surface area contributed by atoms with Crippen LogP contribution in [0.15, 0.2) is 23.0 Å². The van der Waals surface area contributed by atoms with Crippen molar-refractivity contribution in [3.63, 3.8) is 0 Å². The fourth-order valence-electron chi connectivity index (χ4n) is 3.28. The average Bonchev–Trinajstić information content (AvgIpc) is 2.76. The quantitative estimate of drug-likeness (QED) is 0.924. The van der Waals surface area contributed by atoms with E-state index in [9.17, 15) is 9.59 Å². The summed E-state index contributed by atoms with van der Waals surface area (Å²) >= 11 is 0. The SMILES string of the molecule is CC(C)NC(=O)c1ccc2c(=O)n3c(nc2c1)CCN(C(C)C)CC3. The summed E-state index contributed by atoms with van der Waals surface area (Å²) in [5.74, 6) is 0.668. The van der Waals surface area contributed by atoms with Crippen LogP contribution in [-0.2, 0) is 13.0 Å². The monoisotopic (exact) mass is 342 g/mol.